The van der Waals surface area contributed by atoms with Gasteiger partial charge in [-0.2, -0.15) is 0 Å². The number of carbonyl (C=O) groups excluding carboxylic acids is 1. The normalized spacial score (nSPS) is 22.0. The Bertz CT molecular complexity index is 623. The van der Waals surface area contributed by atoms with Crippen molar-refractivity contribution >= 4 is 11.9 Å². The Morgan fingerprint density at radius 1 is 1.48 bits per heavy atom. The molecule has 1 fully saturated rings. The number of rotatable bonds is 5. The molecule has 0 bridgehead atoms. The summed E-state index contributed by atoms with van der Waals surface area (Å²) in [6.45, 7) is 5.82. The topological polar surface area (TPSA) is 74.2 Å². The van der Waals surface area contributed by atoms with Crippen molar-refractivity contribution in [1.82, 2.24) is 10.2 Å². The van der Waals surface area contributed by atoms with Crippen molar-refractivity contribution in [3.63, 3.8) is 0 Å². The molecule has 1 heterocycles. The van der Waals surface area contributed by atoms with Gasteiger partial charge in [0.25, 0.3) is 0 Å². The third-order valence-electron chi connectivity index (χ3n) is 4.43. The minimum absolute atomic E-state index is 0.0387. The van der Waals surface area contributed by atoms with E-state index in [1.807, 2.05) is 18.7 Å². The Balaban J connectivity index is 2.08. The van der Waals surface area contributed by atoms with Crippen LogP contribution in [0.3, 0.4) is 0 Å². The highest BCUT2D eigenvalue weighted by Gasteiger charge is 2.36. The van der Waals surface area contributed by atoms with Crippen LogP contribution in [0, 0.1) is 17.7 Å². The van der Waals surface area contributed by atoms with Gasteiger partial charge < -0.3 is 20.1 Å². The highest BCUT2D eigenvalue weighted by molar-refractivity contribution is 5.82. The van der Waals surface area contributed by atoms with Gasteiger partial charge in [-0.25, -0.2) is 4.39 Å². The fourth-order valence-electron chi connectivity index (χ4n) is 3.04. The molecule has 1 aromatic rings. The molecular weight excluding hydrogens is 325 g/mol. The van der Waals surface area contributed by atoms with Gasteiger partial charge in [0.15, 0.2) is 5.96 Å². The number of ether oxygens (including phenoxy) is 1. The summed E-state index contributed by atoms with van der Waals surface area (Å²) in [5, 5.41) is 13.4. The van der Waals surface area contributed by atoms with E-state index in [9.17, 15) is 14.3 Å². The molecule has 1 saturated heterocycles. The molecule has 0 saturated carbocycles. The molecule has 0 radical (unpaired) electrons. The average molecular weight is 351 g/mol. The van der Waals surface area contributed by atoms with Gasteiger partial charge in [-0.1, -0.05) is 25.1 Å². The summed E-state index contributed by atoms with van der Waals surface area (Å²) in [4.78, 5) is 18.3. The minimum atomic E-state index is -1.02. The molecule has 0 amide bonds. The van der Waals surface area contributed by atoms with Crippen molar-refractivity contribution < 1.29 is 19.0 Å². The van der Waals surface area contributed by atoms with E-state index in [2.05, 4.69) is 10.3 Å². The summed E-state index contributed by atoms with van der Waals surface area (Å²) in [6, 6.07) is 6.13. The third-order valence-corrected chi connectivity index (χ3v) is 4.43. The highest BCUT2D eigenvalue weighted by atomic mass is 19.1. The van der Waals surface area contributed by atoms with Crippen molar-refractivity contribution in [3.8, 4) is 0 Å². The second kappa shape index (κ2) is 8.80. The number of halogens is 1. The lowest BCUT2D eigenvalue weighted by molar-refractivity contribution is -0.145. The van der Waals surface area contributed by atoms with Crippen molar-refractivity contribution in [2.75, 3.05) is 33.3 Å². The Morgan fingerprint density at radius 3 is 2.84 bits per heavy atom. The zero-order valence-corrected chi connectivity index (χ0v) is 14.9. The summed E-state index contributed by atoms with van der Waals surface area (Å²) in [6.07, 6.45) is -1.02. The van der Waals surface area contributed by atoms with Crippen LogP contribution in [0.4, 0.5) is 4.39 Å². The second-order valence-corrected chi connectivity index (χ2v) is 6.24. The molecular formula is C18H26FN3O3. The number of nitrogens with zero attached hydrogens (tertiary/aromatic N) is 2. The summed E-state index contributed by atoms with van der Waals surface area (Å²) in [5.41, 5.74) is 0.226. The maximum atomic E-state index is 13.8. The Morgan fingerprint density at radius 2 is 2.20 bits per heavy atom. The number of methoxy groups -OCH3 is 1. The first kappa shape index (κ1) is 19.2. The van der Waals surface area contributed by atoms with Crippen LogP contribution >= 0.6 is 0 Å². The molecule has 1 aliphatic heterocycles. The molecule has 0 spiro atoms. The molecule has 138 valence electrons. The number of aliphatic hydroxyl groups is 1. The zero-order valence-electron chi connectivity index (χ0n) is 14.9. The van der Waals surface area contributed by atoms with Gasteiger partial charge in [0.2, 0.25) is 0 Å². The standard InChI is InChI=1S/C18H26FN3O3/c1-4-20-18(22-10-12(2)14(11-22)17(24)25-3)21-9-16(23)13-7-5-6-8-15(13)19/h5-8,12,14,16,23H,4,9-11H2,1-3H3,(H,20,21). The van der Waals surface area contributed by atoms with E-state index in [0.29, 0.717) is 25.6 Å². The van der Waals surface area contributed by atoms with E-state index in [-0.39, 0.29) is 29.9 Å². The number of carbonyl (C=O) groups is 1. The Labute approximate surface area is 147 Å². The molecule has 1 aromatic carbocycles. The van der Waals surface area contributed by atoms with Gasteiger partial charge in [0.1, 0.15) is 11.9 Å². The predicted molar refractivity (Wildman–Crippen MR) is 93.6 cm³/mol. The van der Waals surface area contributed by atoms with Gasteiger partial charge >= 0.3 is 5.97 Å². The Hall–Kier alpha value is -2.15. The molecule has 3 atom stereocenters. The minimum Gasteiger partial charge on any atom is -0.469 e. The van der Waals surface area contributed by atoms with Crippen molar-refractivity contribution in [1.29, 1.82) is 0 Å². The molecule has 1 aliphatic rings. The molecule has 0 aliphatic carbocycles. The smallest absolute Gasteiger partial charge is 0.310 e. The first-order chi connectivity index (χ1) is 12.0. The van der Waals surface area contributed by atoms with E-state index in [1.165, 1.54) is 13.2 Å². The predicted octanol–water partition coefficient (Wildman–Crippen LogP) is 1.57. The summed E-state index contributed by atoms with van der Waals surface area (Å²) < 4.78 is 18.6. The number of hydrogen-bond acceptors (Lipinski definition) is 4. The van der Waals surface area contributed by atoms with Crippen LogP contribution in [-0.2, 0) is 9.53 Å². The lowest BCUT2D eigenvalue weighted by Crippen LogP contribution is -2.41. The van der Waals surface area contributed by atoms with Gasteiger partial charge in [-0.15, -0.1) is 0 Å². The summed E-state index contributed by atoms with van der Waals surface area (Å²) >= 11 is 0. The number of aliphatic hydroxyl groups excluding tert-OH is 1. The van der Waals surface area contributed by atoms with Crippen LogP contribution in [-0.4, -0.2) is 55.2 Å². The molecule has 3 unspecified atom stereocenters. The fourth-order valence-corrected chi connectivity index (χ4v) is 3.04. The number of guanidine groups is 1. The van der Waals surface area contributed by atoms with E-state index in [0.717, 1.165) is 0 Å². The van der Waals surface area contributed by atoms with Crippen molar-refractivity contribution in [2.45, 2.75) is 20.0 Å². The van der Waals surface area contributed by atoms with Gasteiger partial charge in [-0.05, 0) is 18.9 Å². The third kappa shape index (κ3) is 4.69. The van der Waals surface area contributed by atoms with Crippen molar-refractivity contribution in [3.05, 3.63) is 35.6 Å². The summed E-state index contributed by atoms with van der Waals surface area (Å²) in [5.74, 6) is -0.123. The molecule has 2 rings (SSSR count). The lowest BCUT2D eigenvalue weighted by atomic mass is 9.99. The average Bonchev–Trinajstić information content (AvgIpc) is 2.99. The van der Waals surface area contributed by atoms with E-state index < -0.39 is 11.9 Å². The van der Waals surface area contributed by atoms with Crippen LogP contribution < -0.4 is 5.32 Å². The van der Waals surface area contributed by atoms with E-state index >= 15 is 0 Å². The summed E-state index contributed by atoms with van der Waals surface area (Å²) in [7, 11) is 1.39. The van der Waals surface area contributed by atoms with Crippen LogP contribution in [0.25, 0.3) is 0 Å². The first-order valence-electron chi connectivity index (χ1n) is 8.51. The maximum Gasteiger partial charge on any atom is 0.310 e. The SMILES string of the molecule is CCNC(=NCC(O)c1ccccc1F)N1CC(C)C(C(=O)OC)C1. The van der Waals surface area contributed by atoms with E-state index in [1.54, 1.807) is 18.2 Å². The number of nitrogens with one attached hydrogen (secondary N) is 1. The highest BCUT2D eigenvalue weighted by Crippen LogP contribution is 2.24. The zero-order chi connectivity index (χ0) is 18.4. The van der Waals surface area contributed by atoms with Crippen LogP contribution in [0.5, 0.6) is 0 Å². The van der Waals surface area contributed by atoms with Crippen molar-refractivity contribution in [2.24, 2.45) is 16.8 Å². The van der Waals surface area contributed by atoms with Crippen LogP contribution in [0.2, 0.25) is 0 Å². The molecule has 7 heteroatoms. The van der Waals surface area contributed by atoms with Gasteiger partial charge in [0.05, 0.1) is 19.6 Å². The first-order valence-corrected chi connectivity index (χ1v) is 8.51. The number of likely N-dealkylation sites (tertiary alicyclic amines) is 1. The van der Waals surface area contributed by atoms with E-state index in [4.69, 9.17) is 4.74 Å². The number of benzene rings is 1. The van der Waals surface area contributed by atoms with Gasteiger partial charge in [0, 0.05) is 25.2 Å². The monoisotopic (exact) mass is 351 g/mol. The Kier molecular flexibility index (Phi) is 6.75. The van der Waals surface area contributed by atoms with Gasteiger partial charge in [-0.3, -0.25) is 9.79 Å². The fraction of sp³-hybridized carbons (Fsp3) is 0.556. The second-order valence-electron chi connectivity index (χ2n) is 6.24. The van der Waals surface area contributed by atoms with Crippen LogP contribution in [0.15, 0.2) is 29.3 Å². The number of esters is 1. The molecule has 2 N–H and O–H groups in total. The lowest BCUT2D eigenvalue weighted by Gasteiger charge is -2.22. The molecule has 6 nitrogen and oxygen atoms in total. The number of aliphatic imine (C=N–C) groups is 1. The van der Waals surface area contributed by atoms with Crippen LogP contribution in [0.1, 0.15) is 25.5 Å². The number of hydrogen-bond donors (Lipinski definition) is 2. The molecule has 25 heavy (non-hydrogen) atoms. The quantitative estimate of drug-likeness (QED) is 0.478. The molecule has 0 aromatic heterocycles. The maximum absolute atomic E-state index is 13.8. The largest absolute Gasteiger partial charge is 0.469 e.